The lowest BCUT2D eigenvalue weighted by atomic mass is 10.2. The molecule has 0 amide bonds. The summed E-state index contributed by atoms with van der Waals surface area (Å²) in [6, 6.07) is 7.10. The van der Waals surface area contributed by atoms with Crippen molar-refractivity contribution in [1.29, 1.82) is 0 Å². The number of carboxylic acid groups (broad SMARTS) is 1. The molecule has 132 valence electrons. The van der Waals surface area contributed by atoms with Gasteiger partial charge in [0.2, 0.25) is 0 Å². The van der Waals surface area contributed by atoms with E-state index < -0.39 is 31.4 Å². The Morgan fingerprint density at radius 2 is 1.80 bits per heavy atom. The predicted octanol–water partition coefficient (Wildman–Crippen LogP) is 2.91. The highest BCUT2D eigenvalue weighted by Gasteiger charge is 2.23. The van der Waals surface area contributed by atoms with Crippen molar-refractivity contribution in [2.75, 3.05) is 5.43 Å². The highest BCUT2D eigenvalue weighted by atomic mass is 35.5. The minimum Gasteiger partial charge on any atom is -0.478 e. The second-order valence-corrected chi connectivity index (χ2v) is 7.04. The van der Waals surface area contributed by atoms with Gasteiger partial charge in [0.25, 0.3) is 15.7 Å². The van der Waals surface area contributed by atoms with Crippen LogP contribution in [0, 0.1) is 10.1 Å². The fourth-order valence-corrected chi connectivity index (χ4v) is 3.53. The number of nitrogens with zero attached hydrogens (tertiary/aromatic N) is 1. The average molecular weight is 406 g/mol. The van der Waals surface area contributed by atoms with E-state index in [1.165, 1.54) is 24.3 Å². The number of sulfonamides is 1. The van der Waals surface area contributed by atoms with Crippen LogP contribution in [0.3, 0.4) is 0 Å². The van der Waals surface area contributed by atoms with Gasteiger partial charge >= 0.3 is 5.97 Å². The van der Waals surface area contributed by atoms with Crippen LogP contribution in [0.2, 0.25) is 10.0 Å². The van der Waals surface area contributed by atoms with E-state index in [0.29, 0.717) is 0 Å². The van der Waals surface area contributed by atoms with Crippen molar-refractivity contribution in [3.63, 3.8) is 0 Å². The van der Waals surface area contributed by atoms with Gasteiger partial charge in [-0.3, -0.25) is 10.1 Å². The molecular formula is C13H9Cl2N3O6S. The van der Waals surface area contributed by atoms with Gasteiger partial charge in [-0.1, -0.05) is 35.3 Å². The molecule has 0 unspecified atom stereocenters. The van der Waals surface area contributed by atoms with Crippen molar-refractivity contribution in [2.45, 2.75) is 4.90 Å². The summed E-state index contributed by atoms with van der Waals surface area (Å²) in [5.41, 5.74) is 1.27. The lowest BCUT2D eigenvalue weighted by molar-refractivity contribution is -0.384. The smallest absolute Gasteiger partial charge is 0.337 e. The number of rotatable bonds is 6. The number of para-hydroxylation sites is 2. The average Bonchev–Trinajstić information content (AvgIpc) is 2.52. The third-order valence-electron chi connectivity index (χ3n) is 2.96. The number of nitro benzene ring substituents is 1. The summed E-state index contributed by atoms with van der Waals surface area (Å²) in [6.07, 6.45) is 0. The molecule has 3 N–H and O–H groups in total. The number of carboxylic acids is 1. The molecule has 0 aliphatic heterocycles. The normalized spacial score (nSPS) is 11.1. The molecule has 9 nitrogen and oxygen atoms in total. The number of nitro groups is 1. The maximum absolute atomic E-state index is 12.3. The van der Waals surface area contributed by atoms with E-state index in [2.05, 4.69) is 5.43 Å². The molecule has 0 heterocycles. The van der Waals surface area contributed by atoms with Crippen LogP contribution in [0.15, 0.2) is 41.3 Å². The van der Waals surface area contributed by atoms with Gasteiger partial charge in [0, 0.05) is 6.07 Å². The van der Waals surface area contributed by atoms with Gasteiger partial charge in [-0.15, -0.1) is 4.83 Å². The number of aromatic carboxylic acids is 1. The van der Waals surface area contributed by atoms with Crippen molar-refractivity contribution in [1.82, 2.24) is 4.83 Å². The van der Waals surface area contributed by atoms with Gasteiger partial charge in [0.05, 0.1) is 20.5 Å². The number of halogens is 2. The molecule has 2 rings (SSSR count). The standard InChI is InChI=1S/C13H9Cl2N3O6S/c14-8-6-9(15)12(5-7(8)13(19)20)25(23,24)17-16-10-3-1-2-4-11(10)18(21)22/h1-6,16-17H,(H,19,20). The number of benzene rings is 2. The van der Waals surface area contributed by atoms with Crippen LogP contribution < -0.4 is 10.3 Å². The molecule has 0 bridgehead atoms. The Balaban J connectivity index is 2.37. The summed E-state index contributed by atoms with van der Waals surface area (Å²) < 4.78 is 24.7. The number of hydrogen-bond donors (Lipinski definition) is 3. The highest BCUT2D eigenvalue weighted by molar-refractivity contribution is 7.89. The number of hydrazine groups is 1. The quantitative estimate of drug-likeness (QED) is 0.495. The van der Waals surface area contributed by atoms with Crippen LogP contribution in [0.5, 0.6) is 0 Å². The summed E-state index contributed by atoms with van der Waals surface area (Å²) in [6.45, 7) is 0. The summed E-state index contributed by atoms with van der Waals surface area (Å²) in [5, 5.41) is 19.4. The van der Waals surface area contributed by atoms with Crippen molar-refractivity contribution in [3.05, 3.63) is 62.1 Å². The Kier molecular flexibility index (Phi) is 5.48. The molecule has 0 saturated heterocycles. The summed E-state index contributed by atoms with van der Waals surface area (Å²) >= 11 is 11.5. The Bertz CT molecular complexity index is 964. The molecule has 2 aromatic rings. The van der Waals surface area contributed by atoms with Gasteiger partial charge in [0.1, 0.15) is 10.6 Å². The Morgan fingerprint density at radius 3 is 2.40 bits per heavy atom. The zero-order valence-corrected chi connectivity index (χ0v) is 14.4. The van der Waals surface area contributed by atoms with Crippen LogP contribution >= 0.6 is 23.2 Å². The molecule has 0 atom stereocenters. The maximum Gasteiger partial charge on any atom is 0.337 e. The second kappa shape index (κ2) is 7.23. The van der Waals surface area contributed by atoms with Crippen molar-refractivity contribution >= 4 is 50.6 Å². The summed E-state index contributed by atoms with van der Waals surface area (Å²) in [4.78, 5) is 22.6. The SMILES string of the molecule is O=C(O)c1cc(S(=O)(=O)NNc2ccccc2[N+](=O)[O-])c(Cl)cc1Cl. The molecule has 0 aliphatic carbocycles. The van der Waals surface area contributed by atoms with Gasteiger partial charge in [-0.25, -0.2) is 13.2 Å². The third-order valence-corrected chi connectivity index (χ3v) is 4.99. The number of hydrogen-bond acceptors (Lipinski definition) is 6. The topological polar surface area (TPSA) is 139 Å². The monoisotopic (exact) mass is 405 g/mol. The molecule has 0 saturated carbocycles. The first-order valence-electron chi connectivity index (χ1n) is 6.37. The molecule has 25 heavy (non-hydrogen) atoms. The molecule has 0 radical (unpaired) electrons. The van der Waals surface area contributed by atoms with Crippen molar-refractivity contribution < 1.29 is 23.2 Å². The molecule has 0 fully saturated rings. The largest absolute Gasteiger partial charge is 0.478 e. The van der Waals surface area contributed by atoms with E-state index in [0.717, 1.165) is 12.1 Å². The lowest BCUT2D eigenvalue weighted by Crippen LogP contribution is -2.30. The zero-order valence-electron chi connectivity index (χ0n) is 12.1. The van der Waals surface area contributed by atoms with E-state index in [4.69, 9.17) is 28.3 Å². The Morgan fingerprint density at radius 1 is 1.16 bits per heavy atom. The predicted molar refractivity (Wildman–Crippen MR) is 90.5 cm³/mol. The van der Waals surface area contributed by atoms with E-state index in [9.17, 15) is 23.3 Å². The van der Waals surface area contributed by atoms with E-state index in [1.807, 2.05) is 4.83 Å². The second-order valence-electron chi connectivity index (χ2n) is 4.57. The van der Waals surface area contributed by atoms with Gasteiger partial charge < -0.3 is 10.5 Å². The molecule has 0 aromatic heterocycles. The molecule has 2 aromatic carbocycles. The minimum atomic E-state index is -4.34. The first-order chi connectivity index (χ1) is 11.6. The molecule has 0 aliphatic rings. The van der Waals surface area contributed by atoms with Gasteiger partial charge in [-0.2, -0.15) is 0 Å². The van der Waals surface area contributed by atoms with E-state index >= 15 is 0 Å². The van der Waals surface area contributed by atoms with Crippen LogP contribution in [0.25, 0.3) is 0 Å². The molecule has 12 heteroatoms. The lowest BCUT2D eigenvalue weighted by Gasteiger charge is -2.12. The third kappa shape index (κ3) is 4.17. The Hall–Kier alpha value is -2.40. The first-order valence-corrected chi connectivity index (χ1v) is 8.61. The van der Waals surface area contributed by atoms with Gasteiger partial charge in [-0.05, 0) is 18.2 Å². The van der Waals surface area contributed by atoms with Crippen LogP contribution in [-0.4, -0.2) is 24.4 Å². The Labute approximate surface area is 151 Å². The number of carbonyl (C=O) groups is 1. The van der Waals surface area contributed by atoms with Crippen molar-refractivity contribution in [2.24, 2.45) is 0 Å². The van der Waals surface area contributed by atoms with E-state index in [-0.39, 0.29) is 21.4 Å². The fraction of sp³-hybridized carbons (Fsp3) is 0. The van der Waals surface area contributed by atoms with Crippen molar-refractivity contribution in [3.8, 4) is 0 Å². The number of nitrogens with one attached hydrogen (secondary N) is 2. The summed E-state index contributed by atoms with van der Waals surface area (Å²) in [7, 11) is -4.34. The fourth-order valence-electron chi connectivity index (χ4n) is 1.81. The van der Waals surface area contributed by atoms with Crippen LogP contribution in [0.4, 0.5) is 11.4 Å². The zero-order chi connectivity index (χ0) is 18.8. The van der Waals surface area contributed by atoms with E-state index in [1.54, 1.807) is 0 Å². The minimum absolute atomic E-state index is 0.111. The highest BCUT2D eigenvalue weighted by Crippen LogP contribution is 2.29. The van der Waals surface area contributed by atoms with Gasteiger partial charge in [0.15, 0.2) is 0 Å². The first kappa shape index (κ1) is 18.9. The molecular weight excluding hydrogens is 397 g/mol. The molecule has 0 spiro atoms. The van der Waals surface area contributed by atoms with Crippen LogP contribution in [0.1, 0.15) is 10.4 Å². The number of anilines is 1. The summed E-state index contributed by atoms with van der Waals surface area (Å²) in [5.74, 6) is -1.44. The maximum atomic E-state index is 12.3. The van der Waals surface area contributed by atoms with Crippen LogP contribution in [-0.2, 0) is 10.0 Å².